The van der Waals surface area contributed by atoms with Crippen LogP contribution in [-0.4, -0.2) is 45.9 Å². The Morgan fingerprint density at radius 2 is 1.78 bits per heavy atom. The van der Waals surface area contributed by atoms with Crippen LogP contribution >= 0.6 is 0 Å². The number of amides is 3. The number of benzene rings is 1. The summed E-state index contributed by atoms with van der Waals surface area (Å²) in [6, 6.07) is 9.29. The Kier molecular flexibility index (Phi) is 5.98. The summed E-state index contributed by atoms with van der Waals surface area (Å²) in [6.07, 6.45) is 7.62. The summed E-state index contributed by atoms with van der Waals surface area (Å²) in [4.78, 5) is 33.8. The van der Waals surface area contributed by atoms with Crippen LogP contribution in [0.3, 0.4) is 0 Å². The van der Waals surface area contributed by atoms with Gasteiger partial charge in [0.05, 0.1) is 0 Å². The van der Waals surface area contributed by atoms with E-state index in [4.69, 9.17) is 5.73 Å². The molecule has 0 saturated carbocycles. The fraction of sp³-hybridized carbons (Fsp3) is 0.263. The molecule has 2 aromatic rings. The van der Waals surface area contributed by atoms with Crippen molar-refractivity contribution in [3.8, 4) is 0 Å². The molecule has 1 aromatic carbocycles. The van der Waals surface area contributed by atoms with Gasteiger partial charge in [0.25, 0.3) is 0 Å². The van der Waals surface area contributed by atoms with Crippen molar-refractivity contribution in [1.82, 2.24) is 20.2 Å². The van der Waals surface area contributed by atoms with Crippen LogP contribution < -0.4 is 16.4 Å². The van der Waals surface area contributed by atoms with Crippen LogP contribution in [0.2, 0.25) is 0 Å². The molecule has 1 aromatic heterocycles. The van der Waals surface area contributed by atoms with Gasteiger partial charge in [-0.05, 0) is 31.1 Å². The van der Waals surface area contributed by atoms with E-state index in [0.717, 1.165) is 5.69 Å². The molecule has 27 heavy (non-hydrogen) atoms. The van der Waals surface area contributed by atoms with E-state index >= 15 is 0 Å². The molecule has 140 valence electrons. The zero-order chi connectivity index (χ0) is 19.1. The summed E-state index contributed by atoms with van der Waals surface area (Å²) < 4.78 is 0. The zero-order valence-electron chi connectivity index (χ0n) is 14.8. The largest absolute Gasteiger partial charge is 0.368 e. The number of aromatic nitrogens is 2. The lowest BCUT2D eigenvalue weighted by atomic mass is 10.1. The Balaban J connectivity index is 1.43. The number of hydrogen-bond donors (Lipinski definition) is 3. The molecule has 1 saturated heterocycles. The van der Waals surface area contributed by atoms with Gasteiger partial charge in [0.15, 0.2) is 0 Å². The standard InChI is InChI=1S/C19H22N6O2/c20-18-21-12-14(13-22-18)6-7-17(26)23-16-8-10-25(11-9-16)19(27)24-15-4-2-1-3-5-15/h1-7,12-13,16H,8-11H2,(H,23,26)(H,24,27)(H2,20,21,22). The minimum Gasteiger partial charge on any atom is -0.368 e. The van der Waals surface area contributed by atoms with E-state index < -0.39 is 0 Å². The lowest BCUT2D eigenvalue weighted by Crippen LogP contribution is -2.47. The van der Waals surface area contributed by atoms with Crippen molar-refractivity contribution in [3.63, 3.8) is 0 Å². The Morgan fingerprint density at radius 1 is 1.11 bits per heavy atom. The number of carbonyl (C=O) groups is 2. The molecule has 8 heteroatoms. The third-order valence-corrected chi connectivity index (χ3v) is 4.27. The number of likely N-dealkylation sites (tertiary alicyclic amines) is 1. The van der Waals surface area contributed by atoms with Crippen LogP contribution in [0.4, 0.5) is 16.4 Å². The molecule has 2 heterocycles. The highest BCUT2D eigenvalue weighted by Crippen LogP contribution is 2.13. The van der Waals surface area contributed by atoms with Crippen molar-refractivity contribution in [3.05, 3.63) is 54.4 Å². The number of urea groups is 1. The van der Waals surface area contributed by atoms with Crippen molar-refractivity contribution in [2.45, 2.75) is 18.9 Å². The van der Waals surface area contributed by atoms with Crippen LogP contribution in [0, 0.1) is 0 Å². The van der Waals surface area contributed by atoms with E-state index in [2.05, 4.69) is 20.6 Å². The maximum Gasteiger partial charge on any atom is 0.321 e. The number of nitrogen functional groups attached to an aromatic ring is 1. The van der Waals surface area contributed by atoms with Crippen LogP contribution in [0.15, 0.2) is 48.8 Å². The fourth-order valence-corrected chi connectivity index (χ4v) is 2.81. The Bertz CT molecular complexity index is 799. The molecule has 3 rings (SSSR count). The quantitative estimate of drug-likeness (QED) is 0.715. The number of para-hydroxylation sites is 1. The van der Waals surface area contributed by atoms with Gasteiger partial charge < -0.3 is 21.3 Å². The molecule has 8 nitrogen and oxygen atoms in total. The summed E-state index contributed by atoms with van der Waals surface area (Å²) in [7, 11) is 0. The van der Waals surface area contributed by atoms with E-state index in [1.54, 1.807) is 23.4 Å². The number of nitrogens with one attached hydrogen (secondary N) is 2. The van der Waals surface area contributed by atoms with Crippen LogP contribution in [0.1, 0.15) is 18.4 Å². The van der Waals surface area contributed by atoms with Gasteiger partial charge in [0.2, 0.25) is 11.9 Å². The number of nitrogens with two attached hydrogens (primary N) is 1. The zero-order valence-corrected chi connectivity index (χ0v) is 14.8. The van der Waals surface area contributed by atoms with Gasteiger partial charge in [0, 0.05) is 48.9 Å². The van der Waals surface area contributed by atoms with Crippen LogP contribution in [-0.2, 0) is 4.79 Å². The minimum absolute atomic E-state index is 0.0468. The fourth-order valence-electron chi connectivity index (χ4n) is 2.81. The number of rotatable bonds is 4. The lowest BCUT2D eigenvalue weighted by molar-refractivity contribution is -0.117. The van der Waals surface area contributed by atoms with Gasteiger partial charge in [0.1, 0.15) is 0 Å². The number of hydrogen-bond acceptors (Lipinski definition) is 5. The number of nitrogens with zero attached hydrogens (tertiary/aromatic N) is 3. The third kappa shape index (κ3) is 5.53. The Labute approximate surface area is 157 Å². The summed E-state index contributed by atoms with van der Waals surface area (Å²) >= 11 is 0. The average molecular weight is 366 g/mol. The van der Waals surface area contributed by atoms with Crippen molar-refractivity contribution in [1.29, 1.82) is 0 Å². The lowest BCUT2D eigenvalue weighted by Gasteiger charge is -2.32. The van der Waals surface area contributed by atoms with Crippen LogP contribution in [0.5, 0.6) is 0 Å². The first kappa shape index (κ1) is 18.4. The normalized spacial score (nSPS) is 14.9. The number of anilines is 2. The maximum absolute atomic E-state index is 12.3. The Morgan fingerprint density at radius 3 is 2.44 bits per heavy atom. The molecule has 3 amide bonds. The summed E-state index contributed by atoms with van der Waals surface area (Å²) in [5.41, 5.74) is 6.90. The van der Waals surface area contributed by atoms with Gasteiger partial charge in [-0.2, -0.15) is 0 Å². The molecule has 0 aliphatic carbocycles. The average Bonchev–Trinajstić information content (AvgIpc) is 2.69. The predicted octanol–water partition coefficient (Wildman–Crippen LogP) is 1.88. The highest BCUT2D eigenvalue weighted by atomic mass is 16.2. The first-order valence-corrected chi connectivity index (χ1v) is 8.77. The second-order valence-electron chi connectivity index (χ2n) is 6.27. The molecular formula is C19H22N6O2. The van der Waals surface area contributed by atoms with Crippen molar-refractivity contribution in [2.75, 3.05) is 24.1 Å². The third-order valence-electron chi connectivity index (χ3n) is 4.27. The van der Waals surface area contributed by atoms with E-state index in [1.165, 1.54) is 6.08 Å². The molecule has 1 aliphatic rings. The summed E-state index contributed by atoms with van der Waals surface area (Å²) in [6.45, 7) is 1.19. The molecule has 1 fully saturated rings. The highest BCUT2D eigenvalue weighted by Gasteiger charge is 2.23. The SMILES string of the molecule is Nc1ncc(C=CC(=O)NC2CCN(C(=O)Nc3ccccc3)CC2)cn1. The van der Waals surface area contributed by atoms with Gasteiger partial charge >= 0.3 is 6.03 Å². The molecule has 0 unspecified atom stereocenters. The van der Waals surface area contributed by atoms with Gasteiger partial charge in [-0.1, -0.05) is 18.2 Å². The van der Waals surface area contributed by atoms with Crippen molar-refractivity contribution >= 4 is 29.7 Å². The molecular weight excluding hydrogens is 344 g/mol. The van der Waals surface area contributed by atoms with Crippen molar-refractivity contribution < 1.29 is 9.59 Å². The maximum atomic E-state index is 12.3. The molecule has 4 N–H and O–H groups in total. The van der Waals surface area contributed by atoms with Crippen LogP contribution in [0.25, 0.3) is 6.08 Å². The topological polar surface area (TPSA) is 113 Å². The molecule has 0 atom stereocenters. The molecule has 0 bridgehead atoms. The van der Waals surface area contributed by atoms with Gasteiger partial charge in [-0.25, -0.2) is 14.8 Å². The van der Waals surface area contributed by atoms with Gasteiger partial charge in [-0.15, -0.1) is 0 Å². The minimum atomic E-state index is -0.181. The summed E-state index contributed by atoms with van der Waals surface area (Å²) in [5.74, 6) is 0.0127. The monoisotopic (exact) mass is 366 g/mol. The molecule has 0 spiro atoms. The first-order chi connectivity index (χ1) is 13.1. The van der Waals surface area contributed by atoms with E-state index in [-0.39, 0.29) is 23.9 Å². The number of carbonyl (C=O) groups excluding carboxylic acids is 2. The van der Waals surface area contributed by atoms with E-state index in [9.17, 15) is 9.59 Å². The second kappa shape index (κ2) is 8.79. The predicted molar refractivity (Wildman–Crippen MR) is 104 cm³/mol. The van der Waals surface area contributed by atoms with Gasteiger partial charge in [-0.3, -0.25) is 4.79 Å². The van der Waals surface area contributed by atoms with Crippen molar-refractivity contribution in [2.24, 2.45) is 0 Å². The number of piperidine rings is 1. The van der Waals surface area contributed by atoms with E-state index in [0.29, 0.717) is 31.5 Å². The summed E-state index contributed by atoms with van der Waals surface area (Å²) in [5, 5.41) is 5.84. The second-order valence-corrected chi connectivity index (χ2v) is 6.27. The Hall–Kier alpha value is -3.42. The first-order valence-electron chi connectivity index (χ1n) is 8.77. The highest BCUT2D eigenvalue weighted by molar-refractivity contribution is 5.92. The smallest absolute Gasteiger partial charge is 0.321 e. The molecule has 0 radical (unpaired) electrons. The molecule has 1 aliphatic heterocycles. The van der Waals surface area contributed by atoms with E-state index in [1.807, 2.05) is 30.3 Å².